The average Bonchev–Trinajstić information content (AvgIpc) is 2.65. The lowest BCUT2D eigenvalue weighted by molar-refractivity contribution is -0.126. The molecular weight excluding hydrogens is 446 g/mol. The van der Waals surface area contributed by atoms with Gasteiger partial charge in [-0.3, -0.25) is 9.59 Å². The average molecular weight is 476 g/mol. The Bertz CT molecular complexity index is 832. The zero-order valence-electron chi connectivity index (χ0n) is 17.7. The molecule has 0 heterocycles. The van der Waals surface area contributed by atoms with Gasteiger partial charge in [0, 0.05) is 15.7 Å². The zero-order chi connectivity index (χ0) is 21.3. The van der Waals surface area contributed by atoms with E-state index in [0.717, 1.165) is 47.1 Å². The van der Waals surface area contributed by atoms with Gasteiger partial charge in [0.25, 0.3) is 5.91 Å². The fourth-order valence-corrected chi connectivity index (χ4v) is 6.17. The van der Waals surface area contributed by atoms with Crippen LogP contribution in [-0.4, -0.2) is 29.7 Å². The lowest BCUT2D eigenvalue weighted by Crippen LogP contribution is -2.60. The van der Waals surface area contributed by atoms with Crippen molar-refractivity contribution in [3.05, 3.63) is 28.2 Å². The molecule has 4 fully saturated rings. The minimum absolute atomic E-state index is 0.00596. The predicted molar refractivity (Wildman–Crippen MR) is 119 cm³/mol. The molecule has 4 bridgehead atoms. The summed E-state index contributed by atoms with van der Waals surface area (Å²) in [5.74, 6) is 2.66. The van der Waals surface area contributed by atoms with Crippen LogP contribution in [-0.2, 0) is 9.59 Å². The molecule has 6 nitrogen and oxygen atoms in total. The fraction of sp³-hybridized carbons (Fsp3) is 0.609. The molecule has 162 valence electrons. The van der Waals surface area contributed by atoms with E-state index in [1.54, 1.807) is 13.0 Å². The summed E-state index contributed by atoms with van der Waals surface area (Å²) >= 11 is 3.43. The molecule has 30 heavy (non-hydrogen) atoms. The van der Waals surface area contributed by atoms with E-state index in [4.69, 9.17) is 4.74 Å². The highest BCUT2D eigenvalue weighted by molar-refractivity contribution is 9.10. The molecule has 0 atom stereocenters. The van der Waals surface area contributed by atoms with Gasteiger partial charge in [-0.1, -0.05) is 15.9 Å². The van der Waals surface area contributed by atoms with Crippen molar-refractivity contribution in [2.24, 2.45) is 22.9 Å². The van der Waals surface area contributed by atoms with Crippen LogP contribution in [0.3, 0.4) is 0 Å². The van der Waals surface area contributed by atoms with Gasteiger partial charge < -0.3 is 10.1 Å². The molecule has 4 aliphatic carbocycles. The summed E-state index contributed by atoms with van der Waals surface area (Å²) in [6, 6.07) is 5.54. The number of hydrogen-bond donors (Lipinski definition) is 2. The summed E-state index contributed by atoms with van der Waals surface area (Å²) < 4.78 is 6.49. The molecule has 0 spiro atoms. The SMILES string of the molecule is CC(CC(=O)NC12CC3CC(CC(C3)C1)C2)=NNC(=O)COc1ccc(Br)c(C)c1. The van der Waals surface area contributed by atoms with Crippen molar-refractivity contribution < 1.29 is 14.3 Å². The number of carbonyl (C=O) groups is 2. The second-order valence-electron chi connectivity index (χ2n) is 9.50. The van der Waals surface area contributed by atoms with E-state index in [-0.39, 0.29) is 30.4 Å². The molecule has 0 aromatic heterocycles. The number of aryl methyl sites for hydroxylation is 1. The van der Waals surface area contributed by atoms with Crippen molar-refractivity contribution in [1.29, 1.82) is 0 Å². The molecule has 5 rings (SSSR count). The number of rotatable bonds is 7. The van der Waals surface area contributed by atoms with Crippen molar-refractivity contribution in [2.75, 3.05) is 6.61 Å². The molecule has 7 heteroatoms. The van der Waals surface area contributed by atoms with Crippen LogP contribution in [0.1, 0.15) is 57.4 Å². The summed E-state index contributed by atoms with van der Waals surface area (Å²) in [5, 5.41) is 7.41. The number of hydrogen-bond acceptors (Lipinski definition) is 4. The molecule has 2 N–H and O–H groups in total. The Labute approximate surface area is 186 Å². The summed E-state index contributed by atoms with van der Waals surface area (Å²) in [7, 11) is 0. The minimum atomic E-state index is -0.351. The molecule has 4 saturated carbocycles. The van der Waals surface area contributed by atoms with E-state index in [1.807, 2.05) is 19.1 Å². The highest BCUT2D eigenvalue weighted by atomic mass is 79.9. The Kier molecular flexibility index (Phi) is 6.19. The van der Waals surface area contributed by atoms with Gasteiger partial charge in [0.1, 0.15) is 5.75 Å². The molecule has 4 aliphatic rings. The normalized spacial score (nSPS) is 29.6. The van der Waals surface area contributed by atoms with Crippen LogP contribution in [0, 0.1) is 24.7 Å². The van der Waals surface area contributed by atoms with E-state index in [9.17, 15) is 9.59 Å². The van der Waals surface area contributed by atoms with Gasteiger partial charge in [-0.2, -0.15) is 5.10 Å². The minimum Gasteiger partial charge on any atom is -0.484 e. The Morgan fingerprint density at radius 1 is 1.13 bits per heavy atom. The Morgan fingerprint density at radius 3 is 2.37 bits per heavy atom. The van der Waals surface area contributed by atoms with E-state index in [0.29, 0.717) is 11.5 Å². The molecule has 1 aromatic carbocycles. The van der Waals surface area contributed by atoms with Gasteiger partial charge in [0.2, 0.25) is 5.91 Å². The second-order valence-corrected chi connectivity index (χ2v) is 10.4. The second kappa shape index (κ2) is 8.69. The van der Waals surface area contributed by atoms with E-state index in [2.05, 4.69) is 31.8 Å². The number of carbonyl (C=O) groups excluding carboxylic acids is 2. The van der Waals surface area contributed by atoms with Crippen LogP contribution in [0.25, 0.3) is 0 Å². The highest BCUT2D eigenvalue weighted by Gasteiger charge is 2.51. The zero-order valence-corrected chi connectivity index (χ0v) is 19.3. The quantitative estimate of drug-likeness (QED) is 0.459. The van der Waals surface area contributed by atoms with Crippen molar-refractivity contribution in [3.63, 3.8) is 0 Å². The van der Waals surface area contributed by atoms with Crippen LogP contribution in [0.15, 0.2) is 27.8 Å². The first-order valence-electron chi connectivity index (χ1n) is 10.8. The maximum atomic E-state index is 12.6. The van der Waals surface area contributed by atoms with Crippen molar-refractivity contribution >= 4 is 33.5 Å². The topological polar surface area (TPSA) is 79.8 Å². The monoisotopic (exact) mass is 475 g/mol. The third kappa shape index (κ3) is 5.05. The number of halogens is 1. The Balaban J connectivity index is 1.22. The number of nitrogens with one attached hydrogen (secondary N) is 2. The molecule has 0 radical (unpaired) electrons. The fourth-order valence-electron chi connectivity index (χ4n) is 5.92. The number of nitrogens with zero attached hydrogens (tertiary/aromatic N) is 1. The van der Waals surface area contributed by atoms with Gasteiger partial charge in [0.15, 0.2) is 6.61 Å². The van der Waals surface area contributed by atoms with Gasteiger partial charge >= 0.3 is 0 Å². The third-order valence-electron chi connectivity index (χ3n) is 6.73. The van der Waals surface area contributed by atoms with Crippen molar-refractivity contribution in [1.82, 2.24) is 10.7 Å². The predicted octanol–water partition coefficient (Wildman–Crippen LogP) is 4.10. The lowest BCUT2D eigenvalue weighted by atomic mass is 9.53. The van der Waals surface area contributed by atoms with Crippen molar-refractivity contribution in [2.45, 2.75) is 64.3 Å². The number of amides is 2. The Hall–Kier alpha value is -1.89. The van der Waals surface area contributed by atoms with Crippen LogP contribution in [0.4, 0.5) is 0 Å². The molecule has 2 amide bonds. The smallest absolute Gasteiger partial charge is 0.277 e. The van der Waals surface area contributed by atoms with Gasteiger partial charge in [-0.25, -0.2) is 5.43 Å². The van der Waals surface area contributed by atoms with Crippen LogP contribution in [0.5, 0.6) is 5.75 Å². The van der Waals surface area contributed by atoms with E-state index in [1.165, 1.54) is 19.3 Å². The van der Waals surface area contributed by atoms with Gasteiger partial charge in [-0.15, -0.1) is 0 Å². The standard InChI is InChI=1S/C23H30BrN3O3/c1-14-5-19(3-4-20(14)24)30-13-22(29)27-26-15(2)6-21(28)25-23-10-16-7-17(11-23)9-18(8-16)12-23/h3-5,16-18H,6-13H2,1-2H3,(H,25,28)(H,27,29). The van der Waals surface area contributed by atoms with E-state index < -0.39 is 0 Å². The summed E-state index contributed by atoms with van der Waals surface area (Å²) in [6.45, 7) is 3.59. The summed E-state index contributed by atoms with van der Waals surface area (Å²) in [5.41, 5.74) is 4.11. The molecule has 0 aliphatic heterocycles. The maximum Gasteiger partial charge on any atom is 0.277 e. The largest absolute Gasteiger partial charge is 0.484 e. The lowest BCUT2D eigenvalue weighted by Gasteiger charge is -2.56. The first-order valence-corrected chi connectivity index (χ1v) is 11.6. The first kappa shape index (κ1) is 21.3. The molecule has 1 aromatic rings. The van der Waals surface area contributed by atoms with Crippen LogP contribution >= 0.6 is 15.9 Å². The van der Waals surface area contributed by atoms with Crippen LogP contribution in [0.2, 0.25) is 0 Å². The number of hydrazone groups is 1. The summed E-state index contributed by atoms with van der Waals surface area (Å²) in [4.78, 5) is 24.6. The first-order chi connectivity index (χ1) is 14.3. The summed E-state index contributed by atoms with van der Waals surface area (Å²) in [6.07, 6.45) is 7.64. The van der Waals surface area contributed by atoms with E-state index >= 15 is 0 Å². The third-order valence-corrected chi connectivity index (χ3v) is 7.62. The number of benzene rings is 1. The molecule has 0 unspecified atom stereocenters. The van der Waals surface area contributed by atoms with Gasteiger partial charge in [0.05, 0.1) is 6.42 Å². The van der Waals surface area contributed by atoms with Crippen molar-refractivity contribution in [3.8, 4) is 5.75 Å². The molecular formula is C23H30BrN3O3. The molecule has 0 saturated heterocycles. The van der Waals surface area contributed by atoms with Crippen LogP contribution < -0.4 is 15.5 Å². The highest BCUT2D eigenvalue weighted by Crippen LogP contribution is 2.55. The van der Waals surface area contributed by atoms with Gasteiger partial charge in [-0.05, 0) is 93.9 Å². The Morgan fingerprint density at radius 2 is 1.77 bits per heavy atom. The maximum absolute atomic E-state index is 12.6. The number of ether oxygens (including phenoxy) is 1.